The summed E-state index contributed by atoms with van der Waals surface area (Å²) in [6.07, 6.45) is -0.676. The van der Waals surface area contributed by atoms with Crippen LogP contribution in [0.2, 0.25) is 0 Å². The first-order valence-corrected chi connectivity index (χ1v) is 4.48. The first kappa shape index (κ1) is 9.67. The highest BCUT2D eigenvalue weighted by Crippen LogP contribution is 2.22. The van der Waals surface area contributed by atoms with Crippen molar-refractivity contribution in [2.24, 2.45) is 12.8 Å². The van der Waals surface area contributed by atoms with Crippen molar-refractivity contribution < 1.29 is 4.39 Å². The van der Waals surface area contributed by atoms with Crippen molar-refractivity contribution in [3.8, 4) is 0 Å². The Labute approximate surface area is 78.9 Å². The van der Waals surface area contributed by atoms with E-state index in [-0.39, 0.29) is 0 Å². The zero-order chi connectivity index (χ0) is 9.14. The molecular weight excluding hydrogens is 225 g/mol. The van der Waals surface area contributed by atoms with Crippen LogP contribution in [0.5, 0.6) is 0 Å². The Morgan fingerprint density at radius 2 is 2.50 bits per heavy atom. The van der Waals surface area contributed by atoms with Crippen LogP contribution in [-0.2, 0) is 7.05 Å². The van der Waals surface area contributed by atoms with E-state index in [1.807, 2.05) is 0 Å². The molecule has 0 fully saturated rings. The zero-order valence-corrected chi connectivity index (χ0v) is 8.38. The standard InChI is InChI=1S/C7H11BrFN3/c1-12-6(4-7(8)11-12)5(9)2-3-10/h4-5H,2-3,10H2,1H3. The summed E-state index contributed by atoms with van der Waals surface area (Å²) in [5.41, 5.74) is 5.80. The molecule has 0 aliphatic heterocycles. The highest BCUT2D eigenvalue weighted by molar-refractivity contribution is 9.10. The van der Waals surface area contributed by atoms with Crippen LogP contribution in [0.15, 0.2) is 10.7 Å². The van der Waals surface area contributed by atoms with Crippen LogP contribution in [0, 0.1) is 0 Å². The lowest BCUT2D eigenvalue weighted by atomic mass is 10.2. The number of nitrogens with two attached hydrogens (primary N) is 1. The monoisotopic (exact) mass is 235 g/mol. The van der Waals surface area contributed by atoms with Crippen molar-refractivity contribution in [2.45, 2.75) is 12.6 Å². The Hall–Kier alpha value is -0.420. The second-order valence-electron chi connectivity index (χ2n) is 2.56. The maximum absolute atomic E-state index is 13.2. The average molecular weight is 236 g/mol. The molecule has 1 atom stereocenters. The Kier molecular flexibility index (Phi) is 3.22. The summed E-state index contributed by atoms with van der Waals surface area (Å²) in [5, 5.41) is 3.97. The third-order valence-electron chi connectivity index (χ3n) is 1.63. The van der Waals surface area contributed by atoms with E-state index in [9.17, 15) is 4.39 Å². The normalized spacial score (nSPS) is 13.3. The Bertz CT molecular complexity index is 261. The SMILES string of the molecule is Cn1nc(Br)cc1C(F)CCN. The molecule has 0 aliphatic carbocycles. The lowest BCUT2D eigenvalue weighted by Gasteiger charge is -2.05. The smallest absolute Gasteiger partial charge is 0.143 e. The van der Waals surface area contributed by atoms with Crippen molar-refractivity contribution in [1.29, 1.82) is 0 Å². The number of hydrogen-bond donors (Lipinski definition) is 1. The molecule has 0 aliphatic rings. The number of nitrogens with zero attached hydrogens (tertiary/aromatic N) is 2. The molecule has 0 amide bonds. The van der Waals surface area contributed by atoms with Gasteiger partial charge in [-0.15, -0.1) is 0 Å². The predicted molar refractivity (Wildman–Crippen MR) is 48.4 cm³/mol. The molecule has 12 heavy (non-hydrogen) atoms. The van der Waals surface area contributed by atoms with E-state index in [2.05, 4.69) is 21.0 Å². The second kappa shape index (κ2) is 4.00. The van der Waals surface area contributed by atoms with E-state index in [0.717, 1.165) is 0 Å². The highest BCUT2D eigenvalue weighted by atomic mass is 79.9. The first-order valence-electron chi connectivity index (χ1n) is 3.68. The van der Waals surface area contributed by atoms with Crippen molar-refractivity contribution in [3.05, 3.63) is 16.4 Å². The van der Waals surface area contributed by atoms with Crippen molar-refractivity contribution in [1.82, 2.24) is 9.78 Å². The highest BCUT2D eigenvalue weighted by Gasteiger charge is 2.13. The van der Waals surface area contributed by atoms with Gasteiger partial charge in [0.1, 0.15) is 10.8 Å². The molecule has 0 radical (unpaired) electrons. The summed E-state index contributed by atoms with van der Waals surface area (Å²) >= 11 is 3.17. The van der Waals surface area contributed by atoms with Gasteiger partial charge in [-0.1, -0.05) is 0 Å². The van der Waals surface area contributed by atoms with Crippen LogP contribution < -0.4 is 5.73 Å². The van der Waals surface area contributed by atoms with Gasteiger partial charge in [-0.2, -0.15) is 5.10 Å². The molecule has 68 valence electrons. The van der Waals surface area contributed by atoms with Gasteiger partial charge in [0.2, 0.25) is 0 Å². The molecule has 1 aromatic heterocycles. The van der Waals surface area contributed by atoms with E-state index in [4.69, 9.17) is 5.73 Å². The molecule has 0 aromatic carbocycles. The van der Waals surface area contributed by atoms with Gasteiger partial charge < -0.3 is 5.73 Å². The summed E-state index contributed by atoms with van der Waals surface area (Å²) < 4.78 is 15.4. The van der Waals surface area contributed by atoms with Gasteiger partial charge in [-0.05, 0) is 35.0 Å². The molecule has 0 bridgehead atoms. The van der Waals surface area contributed by atoms with Gasteiger partial charge in [0.25, 0.3) is 0 Å². The average Bonchev–Trinajstić information content (AvgIpc) is 2.30. The topological polar surface area (TPSA) is 43.8 Å². The molecule has 1 heterocycles. The van der Waals surface area contributed by atoms with Crippen molar-refractivity contribution >= 4 is 15.9 Å². The van der Waals surface area contributed by atoms with Crippen molar-refractivity contribution in [2.75, 3.05) is 6.54 Å². The quantitative estimate of drug-likeness (QED) is 0.865. The van der Waals surface area contributed by atoms with E-state index >= 15 is 0 Å². The van der Waals surface area contributed by atoms with E-state index in [0.29, 0.717) is 23.3 Å². The number of rotatable bonds is 3. The second-order valence-corrected chi connectivity index (χ2v) is 3.37. The van der Waals surface area contributed by atoms with Gasteiger partial charge >= 0.3 is 0 Å². The fourth-order valence-corrected chi connectivity index (χ4v) is 1.51. The summed E-state index contributed by atoms with van der Waals surface area (Å²) in [6, 6.07) is 1.67. The maximum Gasteiger partial charge on any atom is 0.143 e. The van der Waals surface area contributed by atoms with Gasteiger partial charge in [-0.25, -0.2) is 4.39 Å². The summed E-state index contributed by atoms with van der Waals surface area (Å²) in [6.45, 7) is 0.351. The minimum Gasteiger partial charge on any atom is -0.330 e. The molecule has 1 aromatic rings. The third kappa shape index (κ3) is 2.04. The van der Waals surface area contributed by atoms with E-state index in [1.165, 1.54) is 4.68 Å². The first-order chi connectivity index (χ1) is 5.65. The van der Waals surface area contributed by atoms with E-state index < -0.39 is 6.17 Å². The summed E-state index contributed by atoms with van der Waals surface area (Å²) in [4.78, 5) is 0. The molecule has 0 saturated carbocycles. The van der Waals surface area contributed by atoms with Crippen LogP contribution in [0.1, 0.15) is 18.3 Å². The predicted octanol–water partition coefficient (Wildman–Crippen LogP) is 1.54. The van der Waals surface area contributed by atoms with Crippen LogP contribution in [0.3, 0.4) is 0 Å². The number of aromatic nitrogens is 2. The Morgan fingerprint density at radius 3 is 2.92 bits per heavy atom. The maximum atomic E-state index is 13.2. The van der Waals surface area contributed by atoms with Gasteiger partial charge in [-0.3, -0.25) is 4.68 Å². The fraction of sp³-hybridized carbons (Fsp3) is 0.571. The number of aryl methyl sites for hydroxylation is 1. The van der Waals surface area contributed by atoms with Crippen LogP contribution >= 0.6 is 15.9 Å². The fourth-order valence-electron chi connectivity index (χ4n) is 1.03. The number of alkyl halides is 1. The molecule has 0 spiro atoms. The third-order valence-corrected chi connectivity index (χ3v) is 2.01. The molecule has 1 rings (SSSR count). The molecule has 5 heteroatoms. The molecule has 0 saturated heterocycles. The number of hydrogen-bond acceptors (Lipinski definition) is 2. The largest absolute Gasteiger partial charge is 0.330 e. The van der Waals surface area contributed by atoms with Gasteiger partial charge in [0.05, 0.1) is 5.69 Å². The number of halogens is 2. The minimum atomic E-state index is -1.01. The summed E-state index contributed by atoms with van der Waals surface area (Å²) in [5.74, 6) is 0. The molecule has 1 unspecified atom stereocenters. The molecule has 2 N–H and O–H groups in total. The lowest BCUT2D eigenvalue weighted by molar-refractivity contribution is 0.310. The lowest BCUT2D eigenvalue weighted by Crippen LogP contribution is -2.07. The molecular formula is C7H11BrFN3. The van der Waals surface area contributed by atoms with Crippen LogP contribution in [0.4, 0.5) is 4.39 Å². The van der Waals surface area contributed by atoms with Gasteiger partial charge in [0, 0.05) is 7.05 Å². The van der Waals surface area contributed by atoms with E-state index in [1.54, 1.807) is 13.1 Å². The zero-order valence-electron chi connectivity index (χ0n) is 6.80. The van der Waals surface area contributed by atoms with Gasteiger partial charge in [0.15, 0.2) is 0 Å². The van der Waals surface area contributed by atoms with Crippen LogP contribution in [0.25, 0.3) is 0 Å². The Balaban J connectivity index is 2.79. The Morgan fingerprint density at radius 1 is 1.83 bits per heavy atom. The minimum absolute atomic E-state index is 0.339. The van der Waals surface area contributed by atoms with Crippen molar-refractivity contribution in [3.63, 3.8) is 0 Å². The molecule has 3 nitrogen and oxygen atoms in total. The summed E-state index contributed by atoms with van der Waals surface area (Å²) in [7, 11) is 1.71. The van der Waals surface area contributed by atoms with Crippen LogP contribution in [-0.4, -0.2) is 16.3 Å².